The summed E-state index contributed by atoms with van der Waals surface area (Å²) in [5.41, 5.74) is 3.66. The Labute approximate surface area is 239 Å². The number of allylic oxidation sites excluding steroid dienone is 2. The van der Waals surface area contributed by atoms with Crippen LogP contribution >= 0.6 is 0 Å². The highest BCUT2D eigenvalue weighted by Crippen LogP contribution is 2.32. The number of benzene rings is 3. The van der Waals surface area contributed by atoms with Gasteiger partial charge in [0.2, 0.25) is 0 Å². The number of carbonyl (C=O) groups is 2. The van der Waals surface area contributed by atoms with Gasteiger partial charge in [-0.2, -0.15) is 18.4 Å². The Morgan fingerprint density at radius 2 is 1.64 bits per heavy atom. The summed E-state index contributed by atoms with van der Waals surface area (Å²) in [4.78, 5) is 25.7. The standard InChI is InChI=1S/C30H28F3N7O2/c1-18-15-24(30(31,32)33)17-25(16-18)34-29(42)35-26(21-9-7-20(8-10-21)19-5-3-2-4-6-19)22-11-13-23(14-12-22)27(41)36-28-37-39-40-38-28/h5,7-17,26H,2-4,6H2,1H3,(H2,34,35,42)(H2,36,37,38,39,40,41). The topological polar surface area (TPSA) is 125 Å². The number of H-pyrrole nitrogens is 1. The second-order valence-corrected chi connectivity index (χ2v) is 10.0. The predicted molar refractivity (Wildman–Crippen MR) is 152 cm³/mol. The third-order valence-electron chi connectivity index (χ3n) is 6.92. The molecule has 1 aromatic heterocycles. The van der Waals surface area contributed by atoms with Gasteiger partial charge in [-0.1, -0.05) is 47.6 Å². The van der Waals surface area contributed by atoms with Gasteiger partial charge in [-0.15, -0.1) is 5.10 Å². The second kappa shape index (κ2) is 12.2. The molecule has 9 nitrogen and oxygen atoms in total. The zero-order chi connectivity index (χ0) is 29.7. The lowest BCUT2D eigenvalue weighted by Crippen LogP contribution is -2.33. The van der Waals surface area contributed by atoms with Crippen molar-refractivity contribution in [2.24, 2.45) is 0 Å². The minimum Gasteiger partial charge on any atom is -0.327 e. The highest BCUT2D eigenvalue weighted by molar-refractivity contribution is 6.03. The molecule has 1 heterocycles. The molecule has 0 bridgehead atoms. The molecule has 1 aliphatic rings. The molecule has 0 saturated carbocycles. The van der Waals surface area contributed by atoms with Crippen LogP contribution in [0.2, 0.25) is 0 Å². The van der Waals surface area contributed by atoms with Crippen LogP contribution in [0.15, 0.2) is 72.8 Å². The van der Waals surface area contributed by atoms with Crippen molar-refractivity contribution in [3.8, 4) is 0 Å². The van der Waals surface area contributed by atoms with Gasteiger partial charge in [0.1, 0.15) is 0 Å². The Bertz CT molecular complexity index is 1580. The van der Waals surface area contributed by atoms with Gasteiger partial charge in [0.15, 0.2) is 0 Å². The van der Waals surface area contributed by atoms with Gasteiger partial charge >= 0.3 is 12.2 Å². The number of aryl methyl sites for hydroxylation is 1. The lowest BCUT2D eigenvalue weighted by molar-refractivity contribution is -0.137. The van der Waals surface area contributed by atoms with E-state index in [1.54, 1.807) is 24.3 Å². The van der Waals surface area contributed by atoms with E-state index in [1.165, 1.54) is 25.0 Å². The Morgan fingerprint density at radius 3 is 2.26 bits per heavy atom. The fourth-order valence-electron chi connectivity index (χ4n) is 4.88. The Kier molecular flexibility index (Phi) is 8.32. The summed E-state index contributed by atoms with van der Waals surface area (Å²) in [6.45, 7) is 1.53. The maximum atomic E-state index is 13.3. The van der Waals surface area contributed by atoms with Crippen LogP contribution in [0.1, 0.15) is 69.9 Å². The Morgan fingerprint density at radius 1 is 0.929 bits per heavy atom. The number of anilines is 2. The number of nitrogens with one attached hydrogen (secondary N) is 4. The number of aromatic amines is 1. The quantitative estimate of drug-likeness (QED) is 0.196. The SMILES string of the molecule is Cc1cc(NC(=O)NC(c2ccc(C(=O)Nc3nn[nH]n3)cc2)c2ccc(C3=CCCCC3)cc2)cc(C(F)(F)F)c1. The van der Waals surface area contributed by atoms with Gasteiger partial charge in [0.05, 0.1) is 11.6 Å². The highest BCUT2D eigenvalue weighted by atomic mass is 19.4. The fraction of sp³-hybridized carbons (Fsp3) is 0.233. The summed E-state index contributed by atoms with van der Waals surface area (Å²) < 4.78 is 40.0. The third kappa shape index (κ3) is 7.00. The molecule has 4 N–H and O–H groups in total. The van der Waals surface area contributed by atoms with Crippen LogP contribution in [0.25, 0.3) is 5.57 Å². The number of nitrogens with zero attached hydrogens (tertiary/aromatic N) is 3. The molecule has 1 aliphatic carbocycles. The molecule has 12 heteroatoms. The molecule has 0 radical (unpaired) electrons. The zero-order valence-electron chi connectivity index (χ0n) is 22.6. The van der Waals surface area contributed by atoms with E-state index < -0.39 is 29.7 Å². The lowest BCUT2D eigenvalue weighted by atomic mass is 9.91. The van der Waals surface area contributed by atoms with Gasteiger partial charge < -0.3 is 10.6 Å². The monoisotopic (exact) mass is 575 g/mol. The summed E-state index contributed by atoms with van der Waals surface area (Å²) in [5, 5.41) is 21.0. The smallest absolute Gasteiger partial charge is 0.327 e. The molecule has 42 heavy (non-hydrogen) atoms. The van der Waals surface area contributed by atoms with Crippen LogP contribution in [0.5, 0.6) is 0 Å². The first-order valence-corrected chi connectivity index (χ1v) is 13.4. The maximum Gasteiger partial charge on any atom is 0.416 e. The zero-order valence-corrected chi connectivity index (χ0v) is 22.6. The van der Waals surface area contributed by atoms with Crippen molar-refractivity contribution in [2.75, 3.05) is 10.6 Å². The molecule has 1 unspecified atom stereocenters. The molecule has 0 saturated heterocycles. The van der Waals surface area contributed by atoms with Crippen molar-refractivity contribution in [2.45, 2.75) is 44.8 Å². The van der Waals surface area contributed by atoms with Crippen molar-refractivity contribution < 1.29 is 22.8 Å². The van der Waals surface area contributed by atoms with Crippen LogP contribution in [-0.2, 0) is 6.18 Å². The number of carbonyl (C=O) groups excluding carboxylic acids is 2. The number of tetrazole rings is 1. The van der Waals surface area contributed by atoms with Gasteiger partial charge in [-0.25, -0.2) is 4.79 Å². The third-order valence-corrected chi connectivity index (χ3v) is 6.92. The molecule has 3 aromatic carbocycles. The first-order chi connectivity index (χ1) is 20.2. The van der Waals surface area contributed by atoms with E-state index in [-0.39, 0.29) is 11.6 Å². The van der Waals surface area contributed by atoms with Crippen LogP contribution in [0, 0.1) is 6.92 Å². The van der Waals surface area contributed by atoms with E-state index in [0.29, 0.717) is 16.7 Å². The molecule has 0 aliphatic heterocycles. The van der Waals surface area contributed by atoms with Gasteiger partial charge in [-0.05, 0) is 96.0 Å². The summed E-state index contributed by atoms with van der Waals surface area (Å²) in [5.74, 6) is -0.423. The van der Waals surface area contributed by atoms with Crippen molar-refractivity contribution in [3.63, 3.8) is 0 Å². The molecule has 0 fully saturated rings. The normalized spacial score (nSPS) is 14.0. The number of amides is 3. The minimum atomic E-state index is -4.55. The summed E-state index contributed by atoms with van der Waals surface area (Å²) in [7, 11) is 0. The molecular weight excluding hydrogens is 547 g/mol. The number of aromatic nitrogens is 4. The number of alkyl halides is 3. The fourth-order valence-corrected chi connectivity index (χ4v) is 4.88. The average molecular weight is 576 g/mol. The highest BCUT2D eigenvalue weighted by Gasteiger charge is 2.31. The molecule has 0 spiro atoms. The lowest BCUT2D eigenvalue weighted by Gasteiger charge is -2.22. The van der Waals surface area contributed by atoms with E-state index in [1.807, 2.05) is 24.3 Å². The summed E-state index contributed by atoms with van der Waals surface area (Å²) in [6.07, 6.45) is 2.07. The predicted octanol–water partition coefficient (Wildman–Crippen LogP) is 6.65. The van der Waals surface area contributed by atoms with E-state index in [4.69, 9.17) is 0 Å². The largest absolute Gasteiger partial charge is 0.416 e. The van der Waals surface area contributed by atoms with Crippen molar-refractivity contribution >= 4 is 29.1 Å². The second-order valence-electron chi connectivity index (χ2n) is 10.0. The van der Waals surface area contributed by atoms with E-state index in [0.717, 1.165) is 42.5 Å². The van der Waals surface area contributed by atoms with Crippen LogP contribution in [-0.4, -0.2) is 32.6 Å². The average Bonchev–Trinajstić information content (AvgIpc) is 3.49. The molecule has 3 amide bonds. The molecule has 216 valence electrons. The van der Waals surface area contributed by atoms with Gasteiger partial charge in [0.25, 0.3) is 11.9 Å². The molecule has 5 rings (SSSR count). The number of hydrogen-bond donors (Lipinski definition) is 4. The molecule has 4 aromatic rings. The molecule has 1 atom stereocenters. The summed E-state index contributed by atoms with van der Waals surface area (Å²) >= 11 is 0. The molecular formula is C30H28F3N7O2. The minimum absolute atomic E-state index is 0.0200. The van der Waals surface area contributed by atoms with Crippen LogP contribution in [0.4, 0.5) is 29.6 Å². The van der Waals surface area contributed by atoms with Crippen molar-refractivity contribution in [1.82, 2.24) is 25.9 Å². The van der Waals surface area contributed by atoms with E-state index >= 15 is 0 Å². The number of urea groups is 1. The summed E-state index contributed by atoms with van der Waals surface area (Å²) in [6, 6.07) is 16.4. The number of rotatable bonds is 7. The number of halogens is 3. The van der Waals surface area contributed by atoms with Crippen molar-refractivity contribution in [3.05, 3.63) is 106 Å². The Balaban J connectivity index is 1.40. The Hall–Kier alpha value is -5.00. The number of hydrogen-bond acceptors (Lipinski definition) is 5. The van der Waals surface area contributed by atoms with Gasteiger partial charge in [0, 0.05) is 11.3 Å². The first kappa shape index (κ1) is 28.5. The van der Waals surface area contributed by atoms with Crippen LogP contribution in [0.3, 0.4) is 0 Å². The van der Waals surface area contributed by atoms with E-state index in [2.05, 4.69) is 42.7 Å². The maximum absolute atomic E-state index is 13.3. The first-order valence-electron chi connectivity index (χ1n) is 13.4. The van der Waals surface area contributed by atoms with E-state index in [9.17, 15) is 22.8 Å². The van der Waals surface area contributed by atoms with Crippen LogP contribution < -0.4 is 16.0 Å². The van der Waals surface area contributed by atoms with Crippen molar-refractivity contribution in [1.29, 1.82) is 0 Å². The van der Waals surface area contributed by atoms with Gasteiger partial charge in [-0.3, -0.25) is 10.1 Å².